The number of ether oxygens (including phenoxy) is 1. The fourth-order valence-electron chi connectivity index (χ4n) is 1.46. The Morgan fingerprint density at radius 1 is 1.31 bits per heavy atom. The Labute approximate surface area is 95.3 Å². The van der Waals surface area contributed by atoms with Gasteiger partial charge < -0.3 is 4.74 Å². The van der Waals surface area contributed by atoms with Crippen molar-refractivity contribution in [3.05, 3.63) is 35.9 Å². The van der Waals surface area contributed by atoms with Crippen LogP contribution in [-0.2, 0) is 24.8 Å². The summed E-state index contributed by atoms with van der Waals surface area (Å²) in [6.45, 7) is 1.93. The molecule has 4 nitrogen and oxygen atoms in total. The number of hydrogen-bond donors (Lipinski definition) is 0. The Kier molecular flexibility index (Phi) is 3.28. The van der Waals surface area contributed by atoms with E-state index in [1.54, 1.807) is 24.3 Å². The van der Waals surface area contributed by atoms with Crippen LogP contribution < -0.4 is 0 Å². The topological polar surface area (TPSA) is 55.9 Å². The lowest BCUT2D eigenvalue weighted by Crippen LogP contribution is -2.12. The van der Waals surface area contributed by atoms with Crippen LogP contribution in [0.1, 0.15) is 18.9 Å². The molecule has 0 bridgehead atoms. The molecule has 1 aliphatic rings. The van der Waals surface area contributed by atoms with E-state index in [9.17, 15) is 8.42 Å². The monoisotopic (exact) mass is 242 g/mol. The molecule has 2 atom stereocenters. The van der Waals surface area contributed by atoms with Gasteiger partial charge in [-0.3, -0.25) is 0 Å². The number of rotatable bonds is 5. The van der Waals surface area contributed by atoms with Crippen LogP contribution in [-0.4, -0.2) is 20.8 Å². The van der Waals surface area contributed by atoms with Crippen molar-refractivity contribution in [2.45, 2.75) is 31.5 Å². The summed E-state index contributed by atoms with van der Waals surface area (Å²) in [5.74, 6) is -0.107. The molecule has 1 aromatic rings. The van der Waals surface area contributed by atoms with Crippen LogP contribution >= 0.6 is 0 Å². The molecule has 0 spiro atoms. The molecule has 0 unspecified atom stereocenters. The highest BCUT2D eigenvalue weighted by Gasteiger charge is 2.42. The van der Waals surface area contributed by atoms with Crippen LogP contribution in [0.2, 0.25) is 0 Å². The van der Waals surface area contributed by atoms with Gasteiger partial charge in [0.1, 0.15) is 11.9 Å². The second-order valence-corrected chi connectivity index (χ2v) is 5.33. The molecule has 16 heavy (non-hydrogen) atoms. The molecule has 0 radical (unpaired) electrons. The molecule has 0 N–H and O–H groups in total. The van der Waals surface area contributed by atoms with Crippen molar-refractivity contribution < 1.29 is 17.3 Å². The second-order valence-electron chi connectivity index (χ2n) is 3.74. The highest BCUT2D eigenvalue weighted by Crippen LogP contribution is 2.28. The molecule has 1 aromatic carbocycles. The van der Waals surface area contributed by atoms with E-state index in [1.807, 2.05) is 13.0 Å². The van der Waals surface area contributed by atoms with E-state index in [-0.39, 0.29) is 11.9 Å². The summed E-state index contributed by atoms with van der Waals surface area (Å²) < 4.78 is 33.2. The van der Waals surface area contributed by atoms with Crippen molar-refractivity contribution in [1.82, 2.24) is 0 Å². The maximum absolute atomic E-state index is 11.6. The van der Waals surface area contributed by atoms with Crippen molar-refractivity contribution in [2.75, 3.05) is 0 Å². The van der Waals surface area contributed by atoms with Gasteiger partial charge in [-0.2, -0.15) is 8.42 Å². The maximum atomic E-state index is 11.6. The maximum Gasteiger partial charge on any atom is 0.274 e. The van der Waals surface area contributed by atoms with Crippen molar-refractivity contribution in [1.29, 1.82) is 0 Å². The zero-order valence-corrected chi connectivity index (χ0v) is 9.81. The Hall–Kier alpha value is -0.910. The zero-order chi connectivity index (χ0) is 11.6. The second kappa shape index (κ2) is 4.53. The molecule has 1 fully saturated rings. The standard InChI is InChI=1S/C11H14O4S/c1-2-10-11(14-10)15-16(12,13)8-9-6-4-3-5-7-9/h3-7,10-11H,2,8H2,1H3/t10-,11+/m1/s1. The first-order chi connectivity index (χ1) is 7.61. The molecule has 0 amide bonds. The van der Waals surface area contributed by atoms with Gasteiger partial charge in [0.25, 0.3) is 10.1 Å². The summed E-state index contributed by atoms with van der Waals surface area (Å²) >= 11 is 0. The third-order valence-corrected chi connectivity index (χ3v) is 3.54. The number of benzene rings is 1. The van der Waals surface area contributed by atoms with E-state index in [0.29, 0.717) is 0 Å². The lowest BCUT2D eigenvalue weighted by atomic mass is 10.2. The highest BCUT2D eigenvalue weighted by atomic mass is 32.2. The fourth-order valence-corrected chi connectivity index (χ4v) is 2.58. The van der Waals surface area contributed by atoms with Crippen LogP contribution in [0.3, 0.4) is 0 Å². The molecule has 0 aliphatic carbocycles. The molecular formula is C11H14O4S. The lowest BCUT2D eigenvalue weighted by Gasteiger charge is -2.02. The predicted molar refractivity (Wildman–Crippen MR) is 59.1 cm³/mol. The fraction of sp³-hybridized carbons (Fsp3) is 0.455. The smallest absolute Gasteiger partial charge is 0.274 e. The van der Waals surface area contributed by atoms with Crippen molar-refractivity contribution in [2.24, 2.45) is 0 Å². The van der Waals surface area contributed by atoms with Crippen LogP contribution in [0.25, 0.3) is 0 Å². The van der Waals surface area contributed by atoms with Gasteiger partial charge in [-0.1, -0.05) is 37.3 Å². The van der Waals surface area contributed by atoms with Crippen LogP contribution in [0.15, 0.2) is 30.3 Å². The molecule has 5 heteroatoms. The molecule has 2 rings (SSSR count). The van der Waals surface area contributed by atoms with Gasteiger partial charge in [0.05, 0.1) is 0 Å². The molecule has 1 saturated heterocycles. The minimum Gasteiger partial charge on any atom is -0.340 e. The zero-order valence-electron chi connectivity index (χ0n) is 9.00. The first kappa shape index (κ1) is 11.6. The lowest BCUT2D eigenvalue weighted by molar-refractivity contribution is 0.184. The average Bonchev–Trinajstić information content (AvgIpc) is 2.96. The van der Waals surface area contributed by atoms with Crippen molar-refractivity contribution in [3.63, 3.8) is 0 Å². The van der Waals surface area contributed by atoms with Gasteiger partial charge in [-0.25, -0.2) is 4.18 Å². The molecular weight excluding hydrogens is 228 g/mol. The van der Waals surface area contributed by atoms with Crippen LogP contribution in [0, 0.1) is 0 Å². The van der Waals surface area contributed by atoms with Gasteiger partial charge in [-0.05, 0) is 12.0 Å². The largest absolute Gasteiger partial charge is 0.340 e. The van der Waals surface area contributed by atoms with Gasteiger partial charge in [0.2, 0.25) is 6.29 Å². The minimum absolute atomic E-state index is 0.0643. The van der Waals surface area contributed by atoms with Gasteiger partial charge in [-0.15, -0.1) is 0 Å². The van der Waals surface area contributed by atoms with E-state index in [2.05, 4.69) is 0 Å². The summed E-state index contributed by atoms with van der Waals surface area (Å²) in [6, 6.07) is 8.95. The van der Waals surface area contributed by atoms with E-state index in [4.69, 9.17) is 8.92 Å². The molecule has 1 aliphatic heterocycles. The Balaban J connectivity index is 1.94. The average molecular weight is 242 g/mol. The van der Waals surface area contributed by atoms with E-state index >= 15 is 0 Å². The molecule has 0 saturated carbocycles. The number of hydrogen-bond acceptors (Lipinski definition) is 4. The molecule has 88 valence electrons. The summed E-state index contributed by atoms with van der Waals surface area (Å²) in [7, 11) is -3.54. The normalized spacial score (nSPS) is 24.3. The predicted octanol–water partition coefficient (Wildman–Crippen LogP) is 1.67. The summed E-state index contributed by atoms with van der Waals surface area (Å²) in [5.41, 5.74) is 0.719. The SMILES string of the molecule is CC[C@H]1O[C@H]1OS(=O)(=O)Cc1ccccc1. The van der Waals surface area contributed by atoms with E-state index < -0.39 is 16.4 Å². The highest BCUT2D eigenvalue weighted by molar-refractivity contribution is 7.85. The van der Waals surface area contributed by atoms with E-state index in [0.717, 1.165) is 12.0 Å². The third kappa shape index (κ3) is 3.04. The Bertz CT molecular complexity index is 440. The summed E-state index contributed by atoms with van der Waals surface area (Å²) in [6.07, 6.45) is 0.134. The summed E-state index contributed by atoms with van der Waals surface area (Å²) in [4.78, 5) is 0. The number of epoxide rings is 1. The van der Waals surface area contributed by atoms with E-state index in [1.165, 1.54) is 0 Å². The van der Waals surface area contributed by atoms with Gasteiger partial charge in [0, 0.05) is 0 Å². The van der Waals surface area contributed by atoms with Gasteiger partial charge in [0.15, 0.2) is 0 Å². The van der Waals surface area contributed by atoms with Crippen LogP contribution in [0.4, 0.5) is 0 Å². The first-order valence-corrected chi connectivity index (χ1v) is 6.79. The Morgan fingerprint density at radius 2 is 2.00 bits per heavy atom. The summed E-state index contributed by atoms with van der Waals surface area (Å²) in [5, 5.41) is 0. The van der Waals surface area contributed by atoms with Crippen molar-refractivity contribution >= 4 is 10.1 Å². The quantitative estimate of drug-likeness (QED) is 0.582. The van der Waals surface area contributed by atoms with Gasteiger partial charge >= 0.3 is 0 Å². The molecule has 1 heterocycles. The molecule has 0 aromatic heterocycles. The first-order valence-electron chi connectivity index (χ1n) is 5.21. The third-order valence-electron chi connectivity index (χ3n) is 2.37. The minimum atomic E-state index is -3.54. The van der Waals surface area contributed by atoms with Crippen LogP contribution in [0.5, 0.6) is 0 Å². The Morgan fingerprint density at radius 3 is 2.56 bits per heavy atom. The van der Waals surface area contributed by atoms with Crippen molar-refractivity contribution in [3.8, 4) is 0 Å².